The van der Waals surface area contributed by atoms with E-state index in [1.54, 1.807) is 13.8 Å². The maximum Gasteiger partial charge on any atom is 0.338 e. The zero-order chi connectivity index (χ0) is 19.6. The molecule has 1 unspecified atom stereocenters. The monoisotopic (exact) mass is 371 g/mol. The molecular weight excluding hydrogens is 350 g/mol. The van der Waals surface area contributed by atoms with Crippen molar-refractivity contribution < 1.29 is 28.6 Å². The van der Waals surface area contributed by atoms with E-state index in [0.29, 0.717) is 5.69 Å². The third-order valence-corrected chi connectivity index (χ3v) is 4.31. The summed E-state index contributed by atoms with van der Waals surface area (Å²) >= 11 is 0. The number of esters is 3. The molecule has 0 spiro atoms. The van der Waals surface area contributed by atoms with E-state index in [2.05, 4.69) is 0 Å². The second kappa shape index (κ2) is 7.65. The summed E-state index contributed by atoms with van der Waals surface area (Å²) < 4.78 is 17.6. The van der Waals surface area contributed by atoms with Gasteiger partial charge in [-0.1, -0.05) is 18.2 Å². The molecule has 1 aromatic carbocycles. The Labute approximate surface area is 156 Å². The zero-order valence-corrected chi connectivity index (χ0v) is 15.5. The molecule has 0 fully saturated rings. The van der Waals surface area contributed by atoms with Crippen LogP contribution in [0.25, 0.3) is 16.7 Å². The van der Waals surface area contributed by atoms with Crippen molar-refractivity contribution in [2.45, 2.75) is 27.3 Å². The van der Waals surface area contributed by atoms with Crippen LogP contribution in [-0.4, -0.2) is 35.7 Å². The molecule has 3 rings (SSSR count). The van der Waals surface area contributed by atoms with Crippen LogP contribution >= 0.6 is 0 Å². The topological polar surface area (TPSA) is 83.8 Å². The van der Waals surface area contributed by atoms with Crippen LogP contribution in [0.1, 0.15) is 26.5 Å². The Morgan fingerprint density at radius 2 is 1.81 bits per heavy atom. The number of ether oxygens (including phenoxy) is 3. The Morgan fingerprint density at radius 1 is 1.11 bits per heavy atom. The first-order valence-electron chi connectivity index (χ1n) is 8.82. The third kappa shape index (κ3) is 3.45. The summed E-state index contributed by atoms with van der Waals surface area (Å²) in [5.74, 6) is -2.73. The molecule has 2 heterocycles. The van der Waals surface area contributed by atoms with E-state index in [0.717, 1.165) is 10.9 Å². The number of carbonyl (C=O) groups excluding carboxylic acids is 3. The fourth-order valence-electron chi connectivity index (χ4n) is 3.30. The molecule has 1 aromatic heterocycles. The lowest BCUT2D eigenvalue weighted by atomic mass is 9.93. The summed E-state index contributed by atoms with van der Waals surface area (Å²) in [6.07, 6.45) is 0. The molecule has 0 amide bonds. The first-order chi connectivity index (χ1) is 13.0. The Balaban J connectivity index is 2.26. The van der Waals surface area contributed by atoms with Crippen molar-refractivity contribution in [2.24, 2.45) is 5.92 Å². The van der Waals surface area contributed by atoms with Gasteiger partial charge < -0.3 is 18.8 Å². The normalized spacial score (nSPS) is 16.0. The number of rotatable bonds is 5. The first-order valence-corrected chi connectivity index (χ1v) is 8.82. The lowest BCUT2D eigenvalue weighted by molar-refractivity contribution is -0.151. The molecule has 0 N–H and O–H groups in total. The van der Waals surface area contributed by atoms with Gasteiger partial charge >= 0.3 is 17.9 Å². The molecule has 27 heavy (non-hydrogen) atoms. The van der Waals surface area contributed by atoms with E-state index in [1.165, 1.54) is 6.92 Å². The molecule has 2 aromatic rings. The molecule has 1 atom stereocenters. The maximum absolute atomic E-state index is 12.6. The molecule has 7 nitrogen and oxygen atoms in total. The van der Waals surface area contributed by atoms with Gasteiger partial charge in [0.25, 0.3) is 0 Å². The average molecular weight is 371 g/mol. The minimum atomic E-state index is -0.929. The predicted octanol–water partition coefficient (Wildman–Crippen LogP) is 2.67. The number of nitrogens with zero attached hydrogens (tertiary/aromatic N) is 1. The fraction of sp³-hybridized carbons (Fsp3) is 0.350. The summed E-state index contributed by atoms with van der Waals surface area (Å²) in [6, 6.07) is 9.41. The summed E-state index contributed by atoms with van der Waals surface area (Å²) in [7, 11) is 0. The zero-order valence-electron chi connectivity index (χ0n) is 15.5. The number of carbonyl (C=O) groups is 3. The second-order valence-corrected chi connectivity index (χ2v) is 6.06. The highest BCUT2D eigenvalue weighted by molar-refractivity contribution is 6.04. The van der Waals surface area contributed by atoms with Crippen molar-refractivity contribution in [2.75, 3.05) is 13.2 Å². The van der Waals surface area contributed by atoms with Crippen LogP contribution in [0.4, 0.5) is 0 Å². The van der Waals surface area contributed by atoms with Gasteiger partial charge in [0, 0.05) is 24.4 Å². The predicted molar refractivity (Wildman–Crippen MR) is 97.4 cm³/mol. The largest absolute Gasteiger partial charge is 0.465 e. The smallest absolute Gasteiger partial charge is 0.338 e. The van der Waals surface area contributed by atoms with Crippen molar-refractivity contribution in [1.82, 2.24) is 4.57 Å². The maximum atomic E-state index is 12.6. The minimum Gasteiger partial charge on any atom is -0.465 e. The van der Waals surface area contributed by atoms with Gasteiger partial charge in [-0.3, -0.25) is 9.59 Å². The quantitative estimate of drug-likeness (QED) is 0.593. The van der Waals surface area contributed by atoms with Gasteiger partial charge in [-0.05, 0) is 26.0 Å². The van der Waals surface area contributed by atoms with Crippen molar-refractivity contribution >= 4 is 34.6 Å². The van der Waals surface area contributed by atoms with Crippen LogP contribution in [0.15, 0.2) is 35.9 Å². The SMILES string of the molecule is CCOC(=O)C1=C(OC(C)=O)c2cc3ccccc3n2CC1C(=O)OCC. The van der Waals surface area contributed by atoms with Gasteiger partial charge in [0.2, 0.25) is 0 Å². The summed E-state index contributed by atoms with van der Waals surface area (Å²) in [5.41, 5.74) is 1.44. The molecule has 7 heteroatoms. The highest BCUT2D eigenvalue weighted by Crippen LogP contribution is 2.37. The molecule has 0 saturated heterocycles. The molecular formula is C20H21NO6. The van der Waals surface area contributed by atoms with Gasteiger partial charge in [-0.15, -0.1) is 0 Å². The van der Waals surface area contributed by atoms with Gasteiger partial charge in [0.1, 0.15) is 5.92 Å². The van der Waals surface area contributed by atoms with Crippen LogP contribution in [0.3, 0.4) is 0 Å². The van der Waals surface area contributed by atoms with E-state index in [1.807, 2.05) is 34.9 Å². The number of benzene rings is 1. The highest BCUT2D eigenvalue weighted by atomic mass is 16.6. The highest BCUT2D eigenvalue weighted by Gasteiger charge is 2.40. The standard InChI is InChI=1S/C20H21NO6/c1-4-25-19(23)14-11-21-15-9-7-6-8-13(15)10-16(21)18(27-12(3)22)17(14)20(24)26-5-2/h6-10,14H,4-5,11H2,1-3H3. The Hall–Kier alpha value is -3.09. The Bertz CT molecular complexity index is 939. The summed E-state index contributed by atoms with van der Waals surface area (Å²) in [4.78, 5) is 37.0. The molecule has 1 aliphatic heterocycles. The lowest BCUT2D eigenvalue weighted by Crippen LogP contribution is -2.34. The van der Waals surface area contributed by atoms with Crippen LogP contribution < -0.4 is 0 Å². The molecule has 1 aliphatic rings. The number of hydrogen-bond acceptors (Lipinski definition) is 6. The molecule has 0 aliphatic carbocycles. The molecule has 142 valence electrons. The number of hydrogen-bond donors (Lipinski definition) is 0. The fourth-order valence-corrected chi connectivity index (χ4v) is 3.30. The third-order valence-electron chi connectivity index (χ3n) is 4.31. The van der Waals surface area contributed by atoms with E-state index >= 15 is 0 Å². The molecule has 0 radical (unpaired) electrons. The van der Waals surface area contributed by atoms with Crippen LogP contribution in [0.5, 0.6) is 0 Å². The number of aromatic nitrogens is 1. The average Bonchev–Trinajstić information content (AvgIpc) is 3.00. The Kier molecular flexibility index (Phi) is 5.30. The van der Waals surface area contributed by atoms with Crippen LogP contribution in [0, 0.1) is 5.92 Å². The second-order valence-electron chi connectivity index (χ2n) is 6.06. The van der Waals surface area contributed by atoms with Crippen LogP contribution in [0.2, 0.25) is 0 Å². The number of fused-ring (bicyclic) bond motifs is 3. The summed E-state index contributed by atoms with van der Waals surface area (Å²) in [6.45, 7) is 5.11. The van der Waals surface area contributed by atoms with E-state index in [4.69, 9.17) is 14.2 Å². The minimum absolute atomic E-state index is 0.0146. The van der Waals surface area contributed by atoms with Gasteiger partial charge in [0.05, 0.1) is 24.5 Å². The van der Waals surface area contributed by atoms with Crippen molar-refractivity contribution in [1.29, 1.82) is 0 Å². The van der Waals surface area contributed by atoms with Crippen molar-refractivity contribution in [3.63, 3.8) is 0 Å². The number of para-hydroxylation sites is 1. The molecule has 0 bridgehead atoms. The lowest BCUT2D eigenvalue weighted by Gasteiger charge is -2.27. The van der Waals surface area contributed by atoms with E-state index in [-0.39, 0.29) is 31.1 Å². The van der Waals surface area contributed by atoms with Gasteiger partial charge in [0.15, 0.2) is 5.76 Å². The van der Waals surface area contributed by atoms with Crippen molar-refractivity contribution in [3.05, 3.63) is 41.6 Å². The summed E-state index contributed by atoms with van der Waals surface area (Å²) in [5, 5.41) is 0.907. The Morgan fingerprint density at radius 3 is 2.48 bits per heavy atom. The van der Waals surface area contributed by atoms with Gasteiger partial charge in [-0.25, -0.2) is 4.79 Å². The van der Waals surface area contributed by atoms with Crippen LogP contribution in [-0.2, 0) is 35.1 Å². The van der Waals surface area contributed by atoms with Crippen molar-refractivity contribution in [3.8, 4) is 0 Å². The molecule has 0 saturated carbocycles. The van der Waals surface area contributed by atoms with Gasteiger partial charge in [-0.2, -0.15) is 0 Å². The van der Waals surface area contributed by atoms with E-state index in [9.17, 15) is 14.4 Å². The first kappa shape index (κ1) is 18.7. The van der Waals surface area contributed by atoms with E-state index < -0.39 is 23.8 Å².